The van der Waals surface area contributed by atoms with Crippen LogP contribution in [0.2, 0.25) is 0 Å². The standard InChI is InChI=1S/C6H12N2O6S/c7-4(9)2-1-3(15(12,13)14)5(8)6(10)11/h3,5H,1-2,8H2,(H2,7,9)(H,10,11)(H,12,13,14)/t3-,5-/m0/s1. The Morgan fingerprint density at radius 2 is 1.80 bits per heavy atom. The third kappa shape index (κ3) is 4.72. The molecule has 0 spiro atoms. The normalized spacial score (nSPS) is 15.6. The van der Waals surface area contributed by atoms with Gasteiger partial charge in [0.1, 0.15) is 11.3 Å². The van der Waals surface area contributed by atoms with E-state index in [4.69, 9.17) is 21.1 Å². The number of amides is 1. The minimum Gasteiger partial charge on any atom is -0.480 e. The molecule has 0 aromatic heterocycles. The first-order valence-corrected chi connectivity index (χ1v) is 5.39. The van der Waals surface area contributed by atoms with Gasteiger partial charge in [-0.15, -0.1) is 0 Å². The van der Waals surface area contributed by atoms with Gasteiger partial charge in [-0.25, -0.2) is 0 Å². The van der Waals surface area contributed by atoms with Gasteiger partial charge in [0.15, 0.2) is 0 Å². The van der Waals surface area contributed by atoms with Gasteiger partial charge in [-0.3, -0.25) is 14.1 Å². The number of rotatable bonds is 6. The summed E-state index contributed by atoms with van der Waals surface area (Å²) in [6, 6.07) is -1.79. The van der Waals surface area contributed by atoms with Gasteiger partial charge in [0, 0.05) is 6.42 Å². The van der Waals surface area contributed by atoms with Crippen molar-refractivity contribution in [3.63, 3.8) is 0 Å². The number of hydrogen-bond acceptors (Lipinski definition) is 5. The van der Waals surface area contributed by atoms with E-state index < -0.39 is 39.7 Å². The Morgan fingerprint density at radius 3 is 2.07 bits per heavy atom. The molecule has 0 aromatic rings. The Balaban J connectivity index is 4.75. The van der Waals surface area contributed by atoms with E-state index >= 15 is 0 Å². The summed E-state index contributed by atoms with van der Waals surface area (Å²) in [5.74, 6) is -2.39. The fourth-order valence-corrected chi connectivity index (χ4v) is 1.86. The molecule has 0 radical (unpaired) electrons. The lowest BCUT2D eigenvalue weighted by molar-refractivity contribution is -0.138. The number of nitrogens with two attached hydrogens (primary N) is 2. The second kappa shape index (κ2) is 5.05. The minimum atomic E-state index is -4.62. The summed E-state index contributed by atoms with van der Waals surface area (Å²) >= 11 is 0. The van der Waals surface area contributed by atoms with Gasteiger partial charge in [0.05, 0.1) is 0 Å². The van der Waals surface area contributed by atoms with Crippen LogP contribution in [0.4, 0.5) is 0 Å². The fraction of sp³-hybridized carbons (Fsp3) is 0.667. The summed E-state index contributed by atoms with van der Waals surface area (Å²) in [7, 11) is -4.62. The maximum atomic E-state index is 10.7. The zero-order valence-electron chi connectivity index (χ0n) is 7.66. The molecule has 88 valence electrons. The summed E-state index contributed by atoms with van der Waals surface area (Å²) in [4.78, 5) is 20.8. The van der Waals surface area contributed by atoms with Crippen LogP contribution in [0.3, 0.4) is 0 Å². The van der Waals surface area contributed by atoms with Crippen LogP contribution in [0.1, 0.15) is 12.8 Å². The van der Waals surface area contributed by atoms with Gasteiger partial charge < -0.3 is 16.6 Å². The first kappa shape index (κ1) is 13.8. The number of hydrogen-bond donors (Lipinski definition) is 4. The molecule has 0 heterocycles. The molecule has 0 saturated carbocycles. The molecule has 2 atom stereocenters. The first-order chi connectivity index (χ1) is 6.66. The van der Waals surface area contributed by atoms with Gasteiger partial charge in [0.25, 0.3) is 10.1 Å². The summed E-state index contributed by atoms with van der Waals surface area (Å²) in [6.07, 6.45) is -0.799. The molecular weight excluding hydrogens is 228 g/mol. The van der Waals surface area contributed by atoms with Crippen LogP contribution in [0.15, 0.2) is 0 Å². The Bertz CT molecular complexity index is 351. The molecule has 15 heavy (non-hydrogen) atoms. The molecule has 0 saturated heterocycles. The van der Waals surface area contributed by atoms with Crippen LogP contribution in [0.25, 0.3) is 0 Å². The lowest BCUT2D eigenvalue weighted by Crippen LogP contribution is -2.46. The molecule has 9 heteroatoms. The maximum Gasteiger partial charge on any atom is 0.321 e. The number of carboxylic acid groups (broad SMARTS) is 1. The minimum absolute atomic E-state index is 0.370. The highest BCUT2D eigenvalue weighted by molar-refractivity contribution is 7.86. The summed E-state index contributed by atoms with van der Waals surface area (Å²) < 4.78 is 30.2. The Labute approximate surface area is 86.0 Å². The van der Waals surface area contributed by atoms with Crippen LogP contribution in [-0.4, -0.2) is 41.2 Å². The quantitative estimate of drug-likeness (QED) is 0.387. The van der Waals surface area contributed by atoms with E-state index in [0.717, 1.165) is 0 Å². The van der Waals surface area contributed by atoms with Crippen LogP contribution >= 0.6 is 0 Å². The van der Waals surface area contributed by atoms with Crippen molar-refractivity contribution in [2.24, 2.45) is 11.5 Å². The van der Waals surface area contributed by atoms with E-state index in [1.54, 1.807) is 0 Å². The predicted octanol–water partition coefficient (Wildman–Crippen LogP) is -2.08. The Morgan fingerprint density at radius 1 is 1.33 bits per heavy atom. The van der Waals surface area contributed by atoms with Crippen molar-refractivity contribution in [2.75, 3.05) is 0 Å². The van der Waals surface area contributed by atoms with Gasteiger partial charge in [-0.05, 0) is 6.42 Å². The van der Waals surface area contributed by atoms with E-state index in [2.05, 4.69) is 0 Å². The average molecular weight is 240 g/mol. The zero-order chi connectivity index (χ0) is 12.2. The fourth-order valence-electron chi connectivity index (χ4n) is 0.957. The molecule has 0 bridgehead atoms. The highest BCUT2D eigenvalue weighted by atomic mass is 32.2. The molecule has 8 nitrogen and oxygen atoms in total. The van der Waals surface area contributed by atoms with E-state index in [0.29, 0.717) is 0 Å². The van der Waals surface area contributed by atoms with Crippen molar-refractivity contribution in [3.8, 4) is 0 Å². The second-order valence-electron chi connectivity index (χ2n) is 2.92. The summed E-state index contributed by atoms with van der Waals surface area (Å²) in [6.45, 7) is 0. The van der Waals surface area contributed by atoms with E-state index in [1.165, 1.54) is 0 Å². The molecule has 0 rings (SSSR count). The molecule has 0 aliphatic heterocycles. The molecule has 0 fully saturated rings. The van der Waals surface area contributed by atoms with E-state index in [-0.39, 0.29) is 6.42 Å². The number of aliphatic carboxylic acids is 1. The predicted molar refractivity (Wildman–Crippen MR) is 49.4 cm³/mol. The van der Waals surface area contributed by atoms with Crippen LogP contribution < -0.4 is 11.5 Å². The van der Waals surface area contributed by atoms with Crippen molar-refractivity contribution >= 4 is 22.0 Å². The summed E-state index contributed by atoms with van der Waals surface area (Å²) in [5.41, 5.74) is 9.80. The number of carboxylic acids is 1. The van der Waals surface area contributed by atoms with Crippen LogP contribution in [-0.2, 0) is 19.7 Å². The van der Waals surface area contributed by atoms with Gasteiger partial charge >= 0.3 is 5.97 Å². The third-order valence-corrected chi connectivity index (χ3v) is 3.04. The zero-order valence-corrected chi connectivity index (χ0v) is 8.48. The number of carbonyl (C=O) groups excluding carboxylic acids is 1. The maximum absolute atomic E-state index is 10.7. The lowest BCUT2D eigenvalue weighted by Gasteiger charge is -2.16. The number of primary amides is 1. The van der Waals surface area contributed by atoms with Crippen molar-refractivity contribution in [1.82, 2.24) is 0 Å². The lowest BCUT2D eigenvalue weighted by atomic mass is 10.1. The van der Waals surface area contributed by atoms with Gasteiger partial charge in [0.2, 0.25) is 5.91 Å². The molecule has 0 unspecified atom stereocenters. The molecule has 6 N–H and O–H groups in total. The largest absolute Gasteiger partial charge is 0.480 e. The van der Waals surface area contributed by atoms with Crippen molar-refractivity contribution in [2.45, 2.75) is 24.1 Å². The average Bonchev–Trinajstić information content (AvgIpc) is 2.00. The topological polar surface area (TPSA) is 161 Å². The molecular formula is C6H12N2O6S. The van der Waals surface area contributed by atoms with E-state index in [1.807, 2.05) is 0 Å². The molecule has 0 aromatic carbocycles. The van der Waals surface area contributed by atoms with Gasteiger partial charge in [-0.1, -0.05) is 0 Å². The smallest absolute Gasteiger partial charge is 0.321 e. The summed E-state index contributed by atoms with van der Waals surface area (Å²) in [5, 5.41) is 6.73. The highest BCUT2D eigenvalue weighted by Crippen LogP contribution is 2.10. The Hall–Kier alpha value is -1.19. The van der Waals surface area contributed by atoms with Crippen molar-refractivity contribution in [1.29, 1.82) is 0 Å². The van der Waals surface area contributed by atoms with Gasteiger partial charge in [-0.2, -0.15) is 8.42 Å². The first-order valence-electron chi connectivity index (χ1n) is 3.89. The molecule has 0 aliphatic carbocycles. The highest BCUT2D eigenvalue weighted by Gasteiger charge is 2.34. The molecule has 1 amide bonds. The van der Waals surface area contributed by atoms with Crippen LogP contribution in [0.5, 0.6) is 0 Å². The monoisotopic (exact) mass is 240 g/mol. The van der Waals surface area contributed by atoms with Crippen LogP contribution in [0, 0.1) is 0 Å². The van der Waals surface area contributed by atoms with Crippen molar-refractivity contribution in [3.05, 3.63) is 0 Å². The second-order valence-corrected chi connectivity index (χ2v) is 4.56. The number of carbonyl (C=O) groups is 2. The van der Waals surface area contributed by atoms with E-state index in [9.17, 15) is 18.0 Å². The van der Waals surface area contributed by atoms with Crippen molar-refractivity contribution < 1.29 is 27.7 Å². The third-order valence-electron chi connectivity index (χ3n) is 1.74. The Kier molecular flexibility index (Phi) is 4.65. The molecule has 0 aliphatic rings. The SMILES string of the molecule is NC(=O)CC[C@@H]([C@H](N)C(=O)O)S(=O)(=O)O.